The van der Waals surface area contributed by atoms with Crippen molar-refractivity contribution in [3.63, 3.8) is 0 Å². The van der Waals surface area contributed by atoms with E-state index in [0.717, 1.165) is 17.8 Å². The van der Waals surface area contributed by atoms with Gasteiger partial charge >= 0.3 is 0 Å². The van der Waals surface area contributed by atoms with Crippen molar-refractivity contribution in [2.75, 3.05) is 7.05 Å². The molecule has 5 rings (SSSR count). The van der Waals surface area contributed by atoms with E-state index in [0.29, 0.717) is 10.3 Å². The van der Waals surface area contributed by atoms with Gasteiger partial charge in [-0.3, -0.25) is 0 Å². The summed E-state index contributed by atoms with van der Waals surface area (Å²) in [6.07, 6.45) is 8.26. The Balaban J connectivity index is 1.68. The van der Waals surface area contributed by atoms with Gasteiger partial charge in [0.1, 0.15) is 0 Å². The molecule has 3 nitrogen and oxygen atoms in total. The lowest BCUT2D eigenvalue weighted by Gasteiger charge is -2.57. The molecule has 0 saturated heterocycles. The molecule has 4 saturated carbocycles. The van der Waals surface area contributed by atoms with Gasteiger partial charge in [-0.2, -0.15) is 0 Å². The van der Waals surface area contributed by atoms with Crippen LogP contribution in [0.1, 0.15) is 44.1 Å². The molecule has 4 aliphatic carbocycles. The summed E-state index contributed by atoms with van der Waals surface area (Å²) in [4.78, 5) is 0.374. The molecule has 1 aromatic rings. The number of sulfonamides is 1. The smallest absolute Gasteiger partial charge is 0.214 e. The minimum atomic E-state index is -3.32. The number of nitrogens with one attached hydrogen (secondary N) is 1. The van der Waals surface area contributed by atoms with Crippen LogP contribution < -0.4 is 4.72 Å². The first-order valence-corrected chi connectivity index (χ1v) is 9.53. The van der Waals surface area contributed by atoms with Gasteiger partial charge in [-0.25, -0.2) is 13.1 Å². The van der Waals surface area contributed by atoms with Crippen molar-refractivity contribution in [3.05, 3.63) is 29.8 Å². The highest BCUT2D eigenvalue weighted by atomic mass is 32.2. The summed E-state index contributed by atoms with van der Waals surface area (Å²) in [5.41, 5.74) is 1.72. The van der Waals surface area contributed by atoms with Gasteiger partial charge in [0.15, 0.2) is 0 Å². The summed E-state index contributed by atoms with van der Waals surface area (Å²) in [6.45, 7) is 0. The fourth-order valence-electron chi connectivity index (χ4n) is 5.57. The quantitative estimate of drug-likeness (QED) is 0.933. The van der Waals surface area contributed by atoms with E-state index < -0.39 is 10.0 Å². The third-order valence-electron chi connectivity index (χ3n) is 6.08. The maximum absolute atomic E-state index is 11.8. The zero-order valence-corrected chi connectivity index (χ0v) is 13.3. The molecule has 1 aromatic carbocycles. The molecular formula is C17H23NO2S. The topological polar surface area (TPSA) is 46.2 Å². The van der Waals surface area contributed by atoms with Crippen molar-refractivity contribution in [2.45, 2.75) is 48.8 Å². The maximum atomic E-state index is 11.8. The van der Waals surface area contributed by atoms with Crippen LogP contribution in [0.4, 0.5) is 0 Å². The van der Waals surface area contributed by atoms with E-state index in [1.807, 2.05) is 0 Å². The van der Waals surface area contributed by atoms with E-state index in [4.69, 9.17) is 0 Å². The predicted molar refractivity (Wildman–Crippen MR) is 82.5 cm³/mol. The first-order valence-electron chi connectivity index (χ1n) is 8.05. The Morgan fingerprint density at radius 2 is 1.43 bits per heavy atom. The van der Waals surface area contributed by atoms with E-state index in [-0.39, 0.29) is 0 Å². The predicted octanol–water partition coefficient (Wildman–Crippen LogP) is 3.06. The standard InChI is InChI=1S/C17H23NO2S/c1-18-21(19,20)16-4-2-15(3-5-16)17-9-12-6-13(10-17)8-14(7-12)11-17/h2-5,12-14,18H,6-11H2,1H3. The fraction of sp³-hybridized carbons (Fsp3) is 0.647. The molecule has 0 aromatic heterocycles. The molecule has 1 N–H and O–H groups in total. The highest BCUT2D eigenvalue weighted by Gasteiger charge is 2.51. The monoisotopic (exact) mass is 305 g/mol. The second-order valence-corrected chi connectivity index (χ2v) is 9.32. The van der Waals surface area contributed by atoms with Gasteiger partial charge in [-0.15, -0.1) is 0 Å². The molecular weight excluding hydrogens is 282 g/mol. The summed E-state index contributed by atoms with van der Waals surface area (Å²) >= 11 is 0. The van der Waals surface area contributed by atoms with Gasteiger partial charge in [-0.1, -0.05) is 12.1 Å². The minimum Gasteiger partial charge on any atom is -0.214 e. The van der Waals surface area contributed by atoms with Crippen molar-refractivity contribution < 1.29 is 8.42 Å². The van der Waals surface area contributed by atoms with Crippen LogP contribution in [0.3, 0.4) is 0 Å². The van der Waals surface area contributed by atoms with E-state index in [1.54, 1.807) is 12.1 Å². The summed E-state index contributed by atoms with van der Waals surface area (Å²) < 4.78 is 26.1. The summed E-state index contributed by atoms with van der Waals surface area (Å²) in [7, 11) is -1.86. The number of rotatable bonds is 3. The Morgan fingerprint density at radius 1 is 0.952 bits per heavy atom. The van der Waals surface area contributed by atoms with Crippen molar-refractivity contribution >= 4 is 10.0 Å². The zero-order valence-electron chi connectivity index (χ0n) is 12.5. The summed E-state index contributed by atoms with van der Waals surface area (Å²) in [6, 6.07) is 7.69. The summed E-state index contributed by atoms with van der Waals surface area (Å²) in [5, 5.41) is 0. The van der Waals surface area contributed by atoms with Gasteiger partial charge in [-0.05, 0) is 86.4 Å². The van der Waals surface area contributed by atoms with E-state index in [2.05, 4.69) is 16.9 Å². The van der Waals surface area contributed by atoms with Crippen LogP contribution in [-0.2, 0) is 15.4 Å². The molecule has 0 unspecified atom stereocenters. The first kappa shape index (κ1) is 13.8. The highest BCUT2D eigenvalue weighted by Crippen LogP contribution is 2.60. The Labute approximate surface area is 127 Å². The molecule has 0 radical (unpaired) electrons. The molecule has 114 valence electrons. The van der Waals surface area contributed by atoms with Crippen molar-refractivity contribution in [3.8, 4) is 0 Å². The van der Waals surface area contributed by atoms with E-state index >= 15 is 0 Å². The van der Waals surface area contributed by atoms with Crippen molar-refractivity contribution in [1.82, 2.24) is 4.72 Å². The lowest BCUT2D eigenvalue weighted by atomic mass is 9.48. The Morgan fingerprint density at radius 3 is 1.86 bits per heavy atom. The van der Waals surface area contributed by atoms with Crippen LogP contribution in [0.15, 0.2) is 29.2 Å². The van der Waals surface area contributed by atoms with Crippen molar-refractivity contribution in [2.24, 2.45) is 17.8 Å². The van der Waals surface area contributed by atoms with Crippen LogP contribution in [0.5, 0.6) is 0 Å². The fourth-order valence-corrected chi connectivity index (χ4v) is 6.30. The molecule has 0 spiro atoms. The molecule has 21 heavy (non-hydrogen) atoms. The zero-order chi connectivity index (χ0) is 14.7. The normalized spacial score (nSPS) is 37.9. The van der Waals surface area contributed by atoms with Crippen LogP contribution >= 0.6 is 0 Å². The van der Waals surface area contributed by atoms with Gasteiger partial charge < -0.3 is 0 Å². The molecule has 4 fully saturated rings. The van der Waals surface area contributed by atoms with Gasteiger partial charge in [0.25, 0.3) is 0 Å². The SMILES string of the molecule is CNS(=O)(=O)c1ccc(C23CC4CC(CC(C4)C2)C3)cc1. The van der Waals surface area contributed by atoms with Gasteiger partial charge in [0.2, 0.25) is 10.0 Å². The van der Waals surface area contributed by atoms with Crippen LogP contribution in [0.25, 0.3) is 0 Å². The van der Waals surface area contributed by atoms with E-state index in [1.165, 1.54) is 51.1 Å². The average molecular weight is 305 g/mol. The number of benzene rings is 1. The largest absolute Gasteiger partial charge is 0.240 e. The Bertz CT molecular complexity index is 613. The Kier molecular flexibility index (Phi) is 2.99. The molecule has 0 amide bonds. The van der Waals surface area contributed by atoms with Crippen molar-refractivity contribution in [1.29, 1.82) is 0 Å². The minimum absolute atomic E-state index is 0.344. The molecule has 4 bridgehead atoms. The number of hydrogen-bond donors (Lipinski definition) is 1. The van der Waals surface area contributed by atoms with Gasteiger partial charge in [0, 0.05) is 0 Å². The summed E-state index contributed by atoms with van der Waals surface area (Å²) in [5.74, 6) is 2.74. The third-order valence-corrected chi connectivity index (χ3v) is 7.51. The number of hydrogen-bond acceptors (Lipinski definition) is 2. The lowest BCUT2D eigenvalue weighted by molar-refractivity contribution is -0.00521. The van der Waals surface area contributed by atoms with E-state index in [9.17, 15) is 8.42 Å². The Hall–Kier alpha value is -0.870. The molecule has 4 heteroatoms. The molecule has 0 aliphatic heterocycles. The maximum Gasteiger partial charge on any atom is 0.240 e. The van der Waals surface area contributed by atoms with Crippen LogP contribution in [-0.4, -0.2) is 15.5 Å². The second-order valence-electron chi connectivity index (χ2n) is 7.43. The lowest BCUT2D eigenvalue weighted by Crippen LogP contribution is -2.48. The second kappa shape index (κ2) is 4.56. The highest BCUT2D eigenvalue weighted by molar-refractivity contribution is 7.89. The van der Waals surface area contributed by atoms with Crippen LogP contribution in [0.2, 0.25) is 0 Å². The molecule has 4 aliphatic rings. The third kappa shape index (κ3) is 2.15. The van der Waals surface area contributed by atoms with Gasteiger partial charge in [0.05, 0.1) is 4.90 Å². The first-order chi connectivity index (χ1) is 10.0. The molecule has 0 atom stereocenters. The average Bonchev–Trinajstić information content (AvgIpc) is 2.46. The molecule has 0 heterocycles. The van der Waals surface area contributed by atoms with Crippen LogP contribution in [0, 0.1) is 17.8 Å².